The zero-order valence-corrected chi connectivity index (χ0v) is 15.3. The van der Waals surface area contributed by atoms with Gasteiger partial charge in [0.05, 0.1) is 5.92 Å². The van der Waals surface area contributed by atoms with Crippen LogP contribution in [0.1, 0.15) is 47.9 Å². The van der Waals surface area contributed by atoms with Gasteiger partial charge in [-0.1, -0.05) is 62.6 Å². The van der Waals surface area contributed by atoms with Crippen molar-refractivity contribution in [3.05, 3.63) is 35.9 Å². The predicted molar refractivity (Wildman–Crippen MR) is 80.1 cm³/mol. The van der Waals surface area contributed by atoms with Crippen LogP contribution in [0.25, 0.3) is 0 Å². The van der Waals surface area contributed by atoms with Gasteiger partial charge in [-0.05, 0) is 19.8 Å². The quantitative estimate of drug-likeness (QED) is 0.826. The zero-order chi connectivity index (χ0) is 13.1. The molecule has 0 saturated heterocycles. The summed E-state index contributed by atoms with van der Waals surface area (Å²) in [6.07, 6.45) is 3.71. The maximum absolute atomic E-state index is 10.4. The molecule has 2 nitrogen and oxygen atoms in total. The van der Waals surface area contributed by atoms with Gasteiger partial charge in [-0.3, -0.25) is 4.79 Å². The zero-order valence-electron chi connectivity index (χ0n) is 13.9. The van der Waals surface area contributed by atoms with Crippen molar-refractivity contribution in [1.29, 1.82) is 0 Å². The molecule has 0 aliphatic rings. The van der Waals surface area contributed by atoms with Crippen LogP contribution in [0.15, 0.2) is 30.3 Å². The van der Waals surface area contributed by atoms with E-state index in [1.54, 1.807) is 0 Å². The molecule has 0 aromatic heterocycles. The molecule has 0 heterocycles. The molecule has 0 saturated carbocycles. The number of hydrogen-bond acceptors (Lipinski definition) is 1. The predicted octanol–water partition coefficient (Wildman–Crippen LogP) is 4.13. The molecule has 0 aliphatic carbocycles. The van der Waals surface area contributed by atoms with Crippen LogP contribution < -0.4 is 0 Å². The minimum absolute atomic E-state index is 0. The Morgan fingerprint density at radius 1 is 1.28 bits per heavy atom. The molecule has 1 unspecified atom stereocenters. The van der Waals surface area contributed by atoms with Crippen LogP contribution in [0.2, 0.25) is 0 Å². The van der Waals surface area contributed by atoms with Crippen LogP contribution in [0, 0.1) is 12.8 Å². The fourth-order valence-electron chi connectivity index (χ4n) is 1.49. The van der Waals surface area contributed by atoms with Gasteiger partial charge in [0.15, 0.2) is 0 Å². The Labute approximate surface area is 151 Å². The van der Waals surface area contributed by atoms with Crippen molar-refractivity contribution < 1.29 is 12.8 Å². The van der Waals surface area contributed by atoms with Crippen molar-refractivity contribution in [2.45, 2.75) is 46.5 Å². The van der Waals surface area contributed by atoms with E-state index in [4.69, 9.17) is 5.11 Å². The van der Waals surface area contributed by atoms with Gasteiger partial charge in [0.2, 0.25) is 0 Å². The number of hydrogen-bond donors (Lipinski definition) is 1. The number of benzene rings is 1. The van der Waals surface area contributed by atoms with E-state index in [0.29, 0.717) is 0 Å². The third kappa shape index (κ3) is 11.3. The molecule has 1 aromatic carbocycles. The number of aliphatic carboxylic acids is 1. The van der Waals surface area contributed by atoms with E-state index >= 15 is 0 Å². The van der Waals surface area contributed by atoms with Crippen molar-refractivity contribution in [3.63, 3.8) is 0 Å². The summed E-state index contributed by atoms with van der Waals surface area (Å²) in [5.41, 5.74) is 1.32. The first-order valence-electron chi connectivity index (χ1n) is 6.36. The molecular weight excluding hydrogens is 300 g/mol. The van der Waals surface area contributed by atoms with Crippen molar-refractivity contribution in [1.82, 2.24) is 0 Å². The molecule has 0 spiro atoms. The van der Waals surface area contributed by atoms with Crippen LogP contribution >= 0.6 is 0 Å². The van der Waals surface area contributed by atoms with Crippen molar-refractivity contribution in [3.8, 4) is 0 Å². The summed E-state index contributed by atoms with van der Waals surface area (Å²) < 4.78 is 0. The van der Waals surface area contributed by atoms with Gasteiger partial charge in [-0.2, -0.15) is 0 Å². The summed E-state index contributed by atoms with van der Waals surface area (Å²) >= 11 is 0. The second-order valence-corrected chi connectivity index (χ2v) is 4.24. The maximum atomic E-state index is 10.4. The summed E-state index contributed by atoms with van der Waals surface area (Å²) in [5, 5.41) is 8.60. The second-order valence-electron chi connectivity index (χ2n) is 4.24. The molecule has 1 aromatic rings. The molecule has 18 heavy (non-hydrogen) atoms. The van der Waals surface area contributed by atoms with Gasteiger partial charge in [0, 0.05) is 0 Å². The monoisotopic (exact) mass is 326 g/mol. The number of unbranched alkanes of at least 4 members (excludes halogenated alkanes) is 1. The molecule has 100 valence electrons. The normalized spacial score (nSPS) is 10.6. The first-order valence-corrected chi connectivity index (χ1v) is 6.36. The molecule has 1 rings (SSSR count). The van der Waals surface area contributed by atoms with Crippen LogP contribution in [0.3, 0.4) is 0 Å². The number of carbonyl (C=O) groups is 1. The van der Waals surface area contributed by atoms with E-state index in [1.165, 1.54) is 5.56 Å². The van der Waals surface area contributed by atoms with E-state index in [2.05, 4.69) is 26.0 Å². The third-order valence-corrected chi connectivity index (χ3v) is 2.69. The van der Waals surface area contributed by atoms with E-state index < -0.39 is 5.97 Å². The minimum Gasteiger partial charge on any atom is -1.00 e. The van der Waals surface area contributed by atoms with E-state index in [0.717, 1.165) is 25.7 Å². The van der Waals surface area contributed by atoms with E-state index in [1.807, 2.05) is 25.1 Å². The number of aryl methyl sites for hydroxylation is 1. The van der Waals surface area contributed by atoms with Gasteiger partial charge in [-0.25, -0.2) is 0 Å². The summed E-state index contributed by atoms with van der Waals surface area (Å²) in [6.45, 7) is 6.09. The van der Waals surface area contributed by atoms with Gasteiger partial charge >= 0.3 is 51.5 Å². The van der Waals surface area contributed by atoms with Gasteiger partial charge in [0.1, 0.15) is 0 Å². The van der Waals surface area contributed by atoms with Gasteiger partial charge in [0.25, 0.3) is 0 Å². The smallest absolute Gasteiger partial charge is 1.00 e. The summed E-state index contributed by atoms with van der Waals surface area (Å²) in [4.78, 5) is 10.4. The van der Waals surface area contributed by atoms with Crippen LogP contribution in [0.5, 0.6) is 0 Å². The van der Waals surface area contributed by atoms with Crippen molar-refractivity contribution >= 4 is 51.5 Å². The largest absolute Gasteiger partial charge is 2.00 e. The van der Waals surface area contributed by atoms with Crippen LogP contribution in [-0.4, -0.2) is 56.6 Å². The fourth-order valence-corrected chi connectivity index (χ4v) is 1.49. The average molecular weight is 326 g/mol. The molecule has 0 aliphatic heterocycles. The van der Waals surface area contributed by atoms with Crippen molar-refractivity contribution in [2.24, 2.45) is 5.92 Å². The SMILES string of the molecule is CCCCC(CC)C(=O)O.Cc1ccccc1.[H-].[H-].[Sr+2]. The standard InChI is InChI=1S/C8H16O2.C7H8.Sr.2H/c1-3-5-6-7(4-2)8(9)10;1-7-5-3-2-4-6-7;;;/h7H,3-6H2,1-2H3,(H,9,10);2-6H,1H3;;;/q;;+2;2*-1. The third-order valence-electron chi connectivity index (χ3n) is 2.69. The first-order chi connectivity index (χ1) is 8.11. The fraction of sp³-hybridized carbons (Fsp3) is 0.533. The summed E-state index contributed by atoms with van der Waals surface area (Å²) in [5.74, 6) is -0.754. The Bertz CT molecular complexity index is 308. The molecule has 3 heteroatoms. The molecular formula is C15H26O2Sr. The number of carboxylic acid groups (broad SMARTS) is 1. The van der Waals surface area contributed by atoms with Gasteiger partial charge < -0.3 is 7.96 Å². The maximum Gasteiger partial charge on any atom is 2.00 e. The summed E-state index contributed by atoms with van der Waals surface area (Å²) in [7, 11) is 0. The van der Waals surface area contributed by atoms with Crippen molar-refractivity contribution in [2.75, 3.05) is 0 Å². The first kappa shape index (κ1) is 20.5. The molecule has 1 atom stereocenters. The minimum atomic E-state index is -0.643. The topological polar surface area (TPSA) is 37.3 Å². The molecule has 0 bridgehead atoms. The number of carboxylic acids is 1. The Hall–Kier alpha value is 0.171. The van der Waals surface area contributed by atoms with E-state index in [9.17, 15) is 4.79 Å². The van der Waals surface area contributed by atoms with Crippen LogP contribution in [-0.2, 0) is 4.79 Å². The van der Waals surface area contributed by atoms with Gasteiger partial charge in [-0.15, -0.1) is 0 Å². The average Bonchev–Trinajstić information content (AvgIpc) is 2.31. The summed E-state index contributed by atoms with van der Waals surface area (Å²) in [6, 6.07) is 10.3. The van der Waals surface area contributed by atoms with E-state index in [-0.39, 0.29) is 54.3 Å². The molecule has 0 fully saturated rings. The Kier molecular flexibility index (Phi) is 15.5. The van der Waals surface area contributed by atoms with Crippen LogP contribution in [0.4, 0.5) is 0 Å². The number of rotatable bonds is 5. The Morgan fingerprint density at radius 3 is 2.11 bits per heavy atom. The Morgan fingerprint density at radius 2 is 1.83 bits per heavy atom. The molecule has 1 N–H and O–H groups in total. The second kappa shape index (κ2) is 13.6. The Balaban J connectivity index is -0.000000115. The molecule has 0 radical (unpaired) electrons. The molecule has 0 amide bonds.